The smallest absolute Gasteiger partial charge is 0.141 e. The van der Waals surface area contributed by atoms with Crippen molar-refractivity contribution >= 4 is 10.9 Å². The first-order valence-corrected chi connectivity index (χ1v) is 6.77. The van der Waals surface area contributed by atoms with Crippen molar-refractivity contribution in [1.29, 1.82) is 0 Å². The maximum atomic E-state index is 9.86. The van der Waals surface area contributed by atoms with E-state index >= 15 is 0 Å². The fraction of sp³-hybridized carbons (Fsp3) is 0.267. The average molecular weight is 268 g/mol. The minimum absolute atomic E-state index is 0.183. The van der Waals surface area contributed by atoms with Crippen LogP contribution in [0.4, 0.5) is 0 Å². The molecule has 3 aromatic rings. The van der Waals surface area contributed by atoms with E-state index in [1.807, 2.05) is 29.1 Å². The van der Waals surface area contributed by atoms with Gasteiger partial charge in [-0.15, -0.1) is 5.10 Å². The predicted molar refractivity (Wildman–Crippen MR) is 77.3 cm³/mol. The molecule has 0 unspecified atom stereocenters. The highest BCUT2D eigenvalue weighted by Crippen LogP contribution is 2.25. The van der Waals surface area contributed by atoms with Gasteiger partial charge in [-0.25, -0.2) is 4.98 Å². The van der Waals surface area contributed by atoms with Gasteiger partial charge < -0.3 is 5.11 Å². The predicted octanol–water partition coefficient (Wildman–Crippen LogP) is 3.00. The molecule has 0 saturated carbocycles. The molecule has 2 heterocycles. The van der Waals surface area contributed by atoms with Gasteiger partial charge in [0.1, 0.15) is 17.0 Å². The van der Waals surface area contributed by atoms with Gasteiger partial charge in [0.25, 0.3) is 0 Å². The number of hydrogen-bond donors (Lipinski definition) is 1. The van der Waals surface area contributed by atoms with Gasteiger partial charge in [-0.3, -0.25) is 4.68 Å². The van der Waals surface area contributed by atoms with E-state index in [1.54, 1.807) is 12.1 Å². The van der Waals surface area contributed by atoms with Crippen LogP contribution in [0, 0.1) is 0 Å². The van der Waals surface area contributed by atoms with Crippen LogP contribution >= 0.6 is 0 Å². The van der Waals surface area contributed by atoms with Crippen molar-refractivity contribution < 1.29 is 5.11 Å². The Hall–Kier alpha value is -2.43. The van der Waals surface area contributed by atoms with Crippen LogP contribution in [0.25, 0.3) is 22.3 Å². The normalized spacial score (nSPS) is 11.1. The number of aryl methyl sites for hydroxylation is 1. The molecule has 0 spiro atoms. The van der Waals surface area contributed by atoms with Gasteiger partial charge in [0.05, 0.1) is 11.9 Å². The lowest BCUT2D eigenvalue weighted by molar-refractivity contribution is 0.480. The number of para-hydroxylation sites is 1. The molecule has 0 bridgehead atoms. The number of phenolic OH excluding ortho intramolecular Hbond substituents is 1. The summed E-state index contributed by atoms with van der Waals surface area (Å²) in [5.41, 5.74) is 2.04. The number of rotatable bonds is 4. The molecule has 5 heteroatoms. The summed E-state index contributed by atoms with van der Waals surface area (Å²) in [4.78, 5) is 4.47. The van der Waals surface area contributed by atoms with Gasteiger partial charge in [0.2, 0.25) is 0 Å². The van der Waals surface area contributed by atoms with E-state index in [0.29, 0.717) is 5.52 Å². The zero-order valence-electron chi connectivity index (χ0n) is 11.3. The molecule has 0 aliphatic heterocycles. The molecule has 0 fully saturated rings. The Morgan fingerprint density at radius 3 is 2.90 bits per heavy atom. The van der Waals surface area contributed by atoms with Crippen molar-refractivity contribution in [2.45, 2.75) is 26.3 Å². The topological polar surface area (TPSA) is 63.8 Å². The number of aromatic nitrogens is 4. The van der Waals surface area contributed by atoms with Crippen molar-refractivity contribution in [1.82, 2.24) is 20.0 Å². The standard InChI is InChI=1S/C15H16N4O/c1-2-3-9-19-10-13(17-18-19)12-8-7-11-5-4-6-14(20)15(11)16-12/h4-8,10,20H,2-3,9H2,1H3. The molecule has 1 aromatic carbocycles. The van der Waals surface area contributed by atoms with Crippen molar-refractivity contribution in [2.24, 2.45) is 0 Å². The van der Waals surface area contributed by atoms with Crippen LogP contribution in [-0.4, -0.2) is 25.1 Å². The van der Waals surface area contributed by atoms with Crippen LogP contribution < -0.4 is 0 Å². The van der Waals surface area contributed by atoms with Crippen molar-refractivity contribution in [3.05, 3.63) is 36.5 Å². The molecule has 0 atom stereocenters. The molecular weight excluding hydrogens is 252 g/mol. The van der Waals surface area contributed by atoms with Crippen LogP contribution in [-0.2, 0) is 6.54 Å². The van der Waals surface area contributed by atoms with E-state index in [0.717, 1.165) is 36.2 Å². The third-order valence-corrected chi connectivity index (χ3v) is 3.24. The maximum absolute atomic E-state index is 9.86. The Morgan fingerprint density at radius 2 is 2.05 bits per heavy atom. The summed E-state index contributed by atoms with van der Waals surface area (Å²) >= 11 is 0. The molecule has 102 valence electrons. The number of aromatic hydroxyl groups is 1. The van der Waals surface area contributed by atoms with Crippen molar-refractivity contribution in [3.63, 3.8) is 0 Å². The molecule has 5 nitrogen and oxygen atoms in total. The van der Waals surface area contributed by atoms with E-state index in [2.05, 4.69) is 22.2 Å². The van der Waals surface area contributed by atoms with E-state index in [-0.39, 0.29) is 5.75 Å². The zero-order valence-corrected chi connectivity index (χ0v) is 11.3. The maximum Gasteiger partial charge on any atom is 0.141 e. The monoisotopic (exact) mass is 268 g/mol. The van der Waals surface area contributed by atoms with Crippen molar-refractivity contribution in [3.8, 4) is 17.1 Å². The Kier molecular flexibility index (Phi) is 3.33. The van der Waals surface area contributed by atoms with Crippen LogP contribution in [0.15, 0.2) is 36.5 Å². The lowest BCUT2D eigenvalue weighted by atomic mass is 10.1. The third kappa shape index (κ3) is 2.34. The molecule has 2 aromatic heterocycles. The van der Waals surface area contributed by atoms with E-state index in [4.69, 9.17) is 0 Å². The minimum atomic E-state index is 0.183. The van der Waals surface area contributed by atoms with Crippen LogP contribution in [0.5, 0.6) is 5.75 Å². The van der Waals surface area contributed by atoms with Gasteiger partial charge in [-0.1, -0.05) is 36.8 Å². The molecule has 0 amide bonds. The first-order chi connectivity index (χ1) is 9.78. The van der Waals surface area contributed by atoms with Crippen LogP contribution in [0.2, 0.25) is 0 Å². The summed E-state index contributed by atoms with van der Waals surface area (Å²) in [6, 6.07) is 9.19. The van der Waals surface area contributed by atoms with Crippen LogP contribution in [0.3, 0.4) is 0 Å². The van der Waals surface area contributed by atoms with Gasteiger partial charge in [-0.05, 0) is 18.6 Å². The highest BCUT2D eigenvalue weighted by molar-refractivity contribution is 5.86. The third-order valence-electron chi connectivity index (χ3n) is 3.24. The highest BCUT2D eigenvalue weighted by Gasteiger charge is 2.08. The molecule has 1 N–H and O–H groups in total. The largest absolute Gasteiger partial charge is 0.506 e. The Labute approximate surface area is 116 Å². The van der Waals surface area contributed by atoms with E-state index in [9.17, 15) is 5.11 Å². The second-order valence-corrected chi connectivity index (χ2v) is 4.77. The molecule has 0 aliphatic rings. The summed E-state index contributed by atoms with van der Waals surface area (Å²) in [6.07, 6.45) is 4.09. The summed E-state index contributed by atoms with van der Waals surface area (Å²) in [5, 5.41) is 19.0. The molecular formula is C15H16N4O. The molecule has 3 rings (SSSR count). The number of pyridine rings is 1. The second-order valence-electron chi connectivity index (χ2n) is 4.77. The summed E-state index contributed by atoms with van der Waals surface area (Å²) in [5.74, 6) is 0.183. The van der Waals surface area contributed by atoms with Gasteiger partial charge >= 0.3 is 0 Å². The van der Waals surface area contributed by atoms with Gasteiger partial charge in [-0.2, -0.15) is 0 Å². The summed E-state index contributed by atoms with van der Waals surface area (Å²) < 4.78 is 1.83. The Morgan fingerprint density at radius 1 is 1.15 bits per heavy atom. The van der Waals surface area contributed by atoms with Crippen molar-refractivity contribution in [2.75, 3.05) is 0 Å². The zero-order chi connectivity index (χ0) is 13.9. The number of phenols is 1. The Balaban J connectivity index is 1.97. The van der Waals surface area contributed by atoms with Gasteiger partial charge in [0, 0.05) is 11.9 Å². The molecule has 0 aliphatic carbocycles. The van der Waals surface area contributed by atoms with Gasteiger partial charge in [0.15, 0.2) is 0 Å². The Bertz CT molecular complexity index is 736. The molecule has 20 heavy (non-hydrogen) atoms. The highest BCUT2D eigenvalue weighted by atomic mass is 16.3. The number of unbranched alkanes of at least 4 members (excludes halogenated alkanes) is 1. The quantitative estimate of drug-likeness (QED) is 0.790. The second kappa shape index (κ2) is 5.28. The first-order valence-electron chi connectivity index (χ1n) is 6.77. The lowest BCUT2D eigenvalue weighted by Crippen LogP contribution is -1.97. The number of nitrogens with zero attached hydrogens (tertiary/aromatic N) is 4. The molecule has 0 saturated heterocycles. The summed E-state index contributed by atoms with van der Waals surface area (Å²) in [7, 11) is 0. The minimum Gasteiger partial charge on any atom is -0.506 e. The number of hydrogen-bond acceptors (Lipinski definition) is 4. The van der Waals surface area contributed by atoms with E-state index < -0.39 is 0 Å². The molecule has 0 radical (unpaired) electrons. The SMILES string of the molecule is CCCCn1cc(-c2ccc3cccc(O)c3n2)nn1. The lowest BCUT2D eigenvalue weighted by Gasteiger charge is -2.01. The average Bonchev–Trinajstić information content (AvgIpc) is 2.94. The fourth-order valence-electron chi connectivity index (χ4n) is 2.12. The van der Waals surface area contributed by atoms with Crippen LogP contribution in [0.1, 0.15) is 19.8 Å². The number of fused-ring (bicyclic) bond motifs is 1. The van der Waals surface area contributed by atoms with E-state index in [1.165, 1.54) is 0 Å². The fourth-order valence-corrected chi connectivity index (χ4v) is 2.12. The summed E-state index contributed by atoms with van der Waals surface area (Å²) in [6.45, 7) is 3.01. The number of benzene rings is 1. The first kappa shape index (κ1) is 12.6.